The molecule has 5 nitrogen and oxygen atoms in total. The average Bonchev–Trinajstić information content (AvgIpc) is 3.19. The summed E-state index contributed by atoms with van der Waals surface area (Å²) in [5, 5.41) is 1.16. The van der Waals surface area contributed by atoms with Crippen LogP contribution in [0.25, 0.3) is 11.1 Å². The van der Waals surface area contributed by atoms with Crippen molar-refractivity contribution in [2.45, 2.75) is 20.8 Å². The summed E-state index contributed by atoms with van der Waals surface area (Å²) in [7, 11) is 0. The second kappa shape index (κ2) is 6.77. The number of nitrogens with zero attached hydrogens (tertiary/aromatic N) is 1. The van der Waals surface area contributed by atoms with E-state index in [9.17, 15) is 14.4 Å². The second-order valence-corrected chi connectivity index (χ2v) is 7.90. The quantitative estimate of drug-likeness (QED) is 0.482. The number of rotatable bonds is 2. The monoisotopic (exact) mass is 409 g/mol. The molecule has 0 unspecified atom stereocenters. The molecule has 0 bridgehead atoms. The Morgan fingerprint density at radius 3 is 1.87 bits per heavy atom. The predicted molar refractivity (Wildman–Crippen MR) is 117 cm³/mol. The second-order valence-electron chi connectivity index (χ2n) is 7.90. The van der Waals surface area contributed by atoms with Crippen LogP contribution in [0.3, 0.4) is 0 Å². The molecule has 0 fully saturated rings. The Balaban J connectivity index is 1.83. The summed E-state index contributed by atoms with van der Waals surface area (Å²) >= 11 is 0. The lowest BCUT2D eigenvalue weighted by molar-refractivity contribution is -0.127. The number of hydrogen-bond acceptors (Lipinski definition) is 4. The summed E-state index contributed by atoms with van der Waals surface area (Å²) < 4.78 is 5.56. The van der Waals surface area contributed by atoms with Crippen LogP contribution < -0.4 is 20.1 Å². The summed E-state index contributed by atoms with van der Waals surface area (Å²) in [6, 6.07) is 18.6. The first-order valence-electron chi connectivity index (χ1n) is 9.99. The van der Waals surface area contributed by atoms with Gasteiger partial charge in [0.05, 0.1) is 16.8 Å². The van der Waals surface area contributed by atoms with Crippen molar-refractivity contribution in [2.24, 2.45) is 0 Å². The number of anilines is 1. The molecule has 152 valence electrons. The van der Waals surface area contributed by atoms with Crippen molar-refractivity contribution >= 4 is 34.6 Å². The normalized spacial score (nSPS) is 14.6. The molecule has 0 saturated carbocycles. The van der Waals surface area contributed by atoms with Gasteiger partial charge >= 0.3 is 5.97 Å². The van der Waals surface area contributed by atoms with E-state index in [1.807, 2.05) is 62.4 Å². The first kappa shape index (κ1) is 19.0. The van der Waals surface area contributed by atoms with Gasteiger partial charge in [0.1, 0.15) is 5.75 Å². The summed E-state index contributed by atoms with van der Waals surface area (Å²) in [6.07, 6.45) is 0. The molecular weight excluding hydrogens is 390 g/mol. The highest BCUT2D eigenvalue weighted by atomic mass is 16.5. The third kappa shape index (κ3) is 2.89. The molecule has 2 aliphatic rings. The number of fused-ring (bicyclic) bond motifs is 2. The van der Waals surface area contributed by atoms with E-state index in [4.69, 9.17) is 4.74 Å². The van der Waals surface area contributed by atoms with Gasteiger partial charge in [-0.05, 0) is 37.1 Å². The van der Waals surface area contributed by atoms with E-state index in [-0.39, 0.29) is 11.8 Å². The fourth-order valence-corrected chi connectivity index (χ4v) is 4.14. The third-order valence-electron chi connectivity index (χ3n) is 5.70. The van der Waals surface area contributed by atoms with Crippen molar-refractivity contribution in [1.29, 1.82) is 0 Å². The van der Waals surface area contributed by atoms with E-state index in [2.05, 4.69) is 0 Å². The summed E-state index contributed by atoms with van der Waals surface area (Å²) in [5.74, 6) is -0.809. The van der Waals surface area contributed by atoms with Gasteiger partial charge in [-0.25, -0.2) is 9.69 Å². The summed E-state index contributed by atoms with van der Waals surface area (Å²) in [4.78, 5) is 39.5. The Labute approximate surface area is 178 Å². The van der Waals surface area contributed by atoms with Crippen molar-refractivity contribution in [3.8, 4) is 5.75 Å². The van der Waals surface area contributed by atoms with E-state index >= 15 is 0 Å². The maximum Gasteiger partial charge on any atom is 0.344 e. The van der Waals surface area contributed by atoms with Crippen molar-refractivity contribution in [1.82, 2.24) is 0 Å². The zero-order chi connectivity index (χ0) is 21.9. The van der Waals surface area contributed by atoms with Crippen molar-refractivity contribution in [2.75, 3.05) is 4.90 Å². The van der Waals surface area contributed by atoms with Crippen molar-refractivity contribution in [3.63, 3.8) is 0 Å². The Hall–Kier alpha value is -3.99. The van der Waals surface area contributed by atoms with E-state index < -0.39 is 5.97 Å². The van der Waals surface area contributed by atoms with Crippen LogP contribution >= 0.6 is 0 Å². The zero-order valence-corrected chi connectivity index (χ0v) is 17.4. The summed E-state index contributed by atoms with van der Waals surface area (Å²) in [6.45, 7) is 5.30. The van der Waals surface area contributed by atoms with Crippen LogP contribution in [-0.4, -0.2) is 17.8 Å². The van der Waals surface area contributed by atoms with Gasteiger partial charge in [0.25, 0.3) is 5.91 Å². The number of ether oxygens (including phenoxy) is 1. The van der Waals surface area contributed by atoms with E-state index in [0.717, 1.165) is 16.7 Å². The number of hydrogen-bond donors (Lipinski definition) is 0. The lowest BCUT2D eigenvalue weighted by Gasteiger charge is -2.14. The minimum absolute atomic E-state index is 0.377. The predicted octanol–water partition coefficient (Wildman–Crippen LogP) is 2.51. The molecule has 0 aliphatic carbocycles. The van der Waals surface area contributed by atoms with Crippen LogP contribution in [0.5, 0.6) is 5.75 Å². The molecule has 3 aromatic carbocycles. The first-order chi connectivity index (χ1) is 14.8. The van der Waals surface area contributed by atoms with Crippen LogP contribution in [0.1, 0.15) is 29.2 Å². The SMILES string of the molecule is CC(=O)N1C(=O)C(c2ccc(C)cc2)=c2cc3c(cc21)=C(c1ccc(C)cc1)C(=O)O3. The first-order valence-corrected chi connectivity index (χ1v) is 9.99. The number of carbonyl (C=O) groups is 3. The number of carbonyl (C=O) groups excluding carboxylic acids is 3. The van der Waals surface area contributed by atoms with E-state index in [1.165, 1.54) is 11.8 Å². The molecule has 2 amide bonds. The molecule has 5 rings (SSSR count). The van der Waals surface area contributed by atoms with Gasteiger partial charge in [0, 0.05) is 17.4 Å². The van der Waals surface area contributed by atoms with Crippen LogP contribution in [0.4, 0.5) is 5.69 Å². The van der Waals surface area contributed by atoms with Crippen LogP contribution in [0, 0.1) is 13.8 Å². The Morgan fingerprint density at radius 1 is 0.774 bits per heavy atom. The summed E-state index contributed by atoms with van der Waals surface area (Å²) in [5.41, 5.74) is 4.91. The molecule has 3 aromatic rings. The molecular formula is C26H19NO4. The van der Waals surface area contributed by atoms with Gasteiger partial charge in [0.2, 0.25) is 5.91 Å². The van der Waals surface area contributed by atoms with Gasteiger partial charge < -0.3 is 4.74 Å². The number of aryl methyl sites for hydroxylation is 2. The van der Waals surface area contributed by atoms with Crippen LogP contribution in [0.15, 0.2) is 60.7 Å². The lowest BCUT2D eigenvalue weighted by atomic mass is 10.0. The molecule has 0 spiro atoms. The van der Waals surface area contributed by atoms with Gasteiger partial charge in [-0.1, -0.05) is 59.7 Å². The van der Waals surface area contributed by atoms with Crippen molar-refractivity contribution in [3.05, 3.63) is 93.4 Å². The maximum atomic E-state index is 13.2. The molecule has 2 heterocycles. The van der Waals surface area contributed by atoms with E-state index in [1.54, 1.807) is 12.1 Å². The highest BCUT2D eigenvalue weighted by molar-refractivity contribution is 6.37. The Kier molecular flexibility index (Phi) is 4.15. The molecule has 0 radical (unpaired) electrons. The molecule has 2 aliphatic heterocycles. The molecule has 0 N–H and O–H groups in total. The van der Waals surface area contributed by atoms with Gasteiger partial charge in [-0.2, -0.15) is 0 Å². The minimum Gasteiger partial charge on any atom is -0.422 e. The molecule has 0 saturated heterocycles. The third-order valence-corrected chi connectivity index (χ3v) is 5.70. The van der Waals surface area contributed by atoms with Crippen molar-refractivity contribution < 1.29 is 19.1 Å². The molecule has 31 heavy (non-hydrogen) atoms. The fraction of sp³-hybridized carbons (Fsp3) is 0.115. The molecule has 5 heteroatoms. The topological polar surface area (TPSA) is 63.7 Å². The fourth-order valence-electron chi connectivity index (χ4n) is 4.14. The minimum atomic E-state index is -0.444. The van der Waals surface area contributed by atoms with Crippen LogP contribution in [-0.2, 0) is 14.4 Å². The zero-order valence-electron chi connectivity index (χ0n) is 17.4. The number of amides is 2. The highest BCUT2D eigenvalue weighted by Gasteiger charge is 2.35. The van der Waals surface area contributed by atoms with Gasteiger partial charge in [-0.3, -0.25) is 9.59 Å². The van der Waals surface area contributed by atoms with E-state index in [0.29, 0.717) is 38.6 Å². The number of esters is 1. The highest BCUT2D eigenvalue weighted by Crippen LogP contribution is 2.29. The van der Waals surface area contributed by atoms with Gasteiger partial charge in [0.15, 0.2) is 0 Å². The maximum absolute atomic E-state index is 13.2. The largest absolute Gasteiger partial charge is 0.422 e. The smallest absolute Gasteiger partial charge is 0.344 e. The Bertz CT molecular complexity index is 1410. The standard InChI is InChI=1S/C26H19NO4/c1-14-4-8-17(9-5-14)23-19-13-22-20(12-21(19)27(16(3)28)25(23)29)24(26(30)31-22)18-10-6-15(2)7-11-18/h4-13H,1-3H3. The lowest BCUT2D eigenvalue weighted by Crippen LogP contribution is -2.33. The Morgan fingerprint density at radius 2 is 1.32 bits per heavy atom. The van der Waals surface area contributed by atoms with Crippen LogP contribution in [0.2, 0.25) is 0 Å². The average molecular weight is 409 g/mol. The molecule has 0 atom stereocenters. The van der Waals surface area contributed by atoms with Gasteiger partial charge in [-0.15, -0.1) is 0 Å². The number of imide groups is 1. The number of benzene rings is 3. The molecule has 0 aromatic heterocycles.